The number of hydrogen-bond acceptors (Lipinski definition) is 4. The molecule has 6 nitrogen and oxygen atoms in total. The molecule has 0 saturated heterocycles. The fraction of sp³-hybridized carbons (Fsp3) is 0.133. The highest BCUT2D eigenvalue weighted by molar-refractivity contribution is 5.97. The van der Waals surface area contributed by atoms with E-state index in [2.05, 4.69) is 16.0 Å². The lowest BCUT2D eigenvalue weighted by atomic mass is 10.1. The largest absolute Gasteiger partial charge is 0.487 e. The second-order valence-electron chi connectivity index (χ2n) is 8.36. The number of rotatable bonds is 10. The van der Waals surface area contributed by atoms with Gasteiger partial charge in [-0.2, -0.15) is 0 Å². The first kappa shape index (κ1) is 24.5. The Kier molecular flexibility index (Phi) is 8.33. The molecule has 0 aromatic heterocycles. The number of hydrogen-bond donors (Lipinski definition) is 3. The van der Waals surface area contributed by atoms with Crippen molar-refractivity contribution in [3.63, 3.8) is 0 Å². The molecule has 0 bridgehead atoms. The Bertz CT molecular complexity index is 1280. The quantitative estimate of drug-likeness (QED) is 0.268. The van der Waals surface area contributed by atoms with E-state index in [9.17, 15) is 9.59 Å². The molecule has 0 saturated carbocycles. The fourth-order valence-corrected chi connectivity index (χ4v) is 3.66. The summed E-state index contributed by atoms with van der Waals surface area (Å²) in [6, 6.07) is 33.9. The summed E-state index contributed by atoms with van der Waals surface area (Å²) in [6.45, 7) is 2.46. The minimum atomic E-state index is -0.206. The molecule has 0 aliphatic rings. The highest BCUT2D eigenvalue weighted by Gasteiger charge is 2.12. The van der Waals surface area contributed by atoms with E-state index in [0.29, 0.717) is 23.6 Å². The Labute approximate surface area is 211 Å². The lowest BCUT2D eigenvalue weighted by molar-refractivity contribution is -0.114. The number of amides is 2. The smallest absolute Gasteiger partial charge is 0.251 e. The molecule has 3 N–H and O–H groups in total. The van der Waals surface area contributed by atoms with Crippen molar-refractivity contribution in [1.29, 1.82) is 0 Å². The molecule has 4 rings (SSSR count). The molecule has 0 heterocycles. The lowest BCUT2D eigenvalue weighted by Crippen LogP contribution is -2.26. The Morgan fingerprint density at radius 2 is 1.42 bits per heavy atom. The third-order valence-electron chi connectivity index (χ3n) is 5.64. The highest BCUT2D eigenvalue weighted by atomic mass is 16.5. The van der Waals surface area contributed by atoms with E-state index in [4.69, 9.17) is 4.74 Å². The minimum Gasteiger partial charge on any atom is -0.487 e. The third kappa shape index (κ3) is 6.96. The SMILES string of the molecule is CC(NC(=O)c1ccc(NC(=O)CNc2ccccc2OCc2ccccc2)cc1)c1ccccc1. The van der Waals surface area contributed by atoms with Crippen LogP contribution in [0.5, 0.6) is 5.75 Å². The van der Waals surface area contributed by atoms with E-state index >= 15 is 0 Å². The van der Waals surface area contributed by atoms with Gasteiger partial charge in [-0.3, -0.25) is 9.59 Å². The highest BCUT2D eigenvalue weighted by Crippen LogP contribution is 2.24. The van der Waals surface area contributed by atoms with Crippen LogP contribution in [0.25, 0.3) is 0 Å². The maximum atomic E-state index is 12.6. The van der Waals surface area contributed by atoms with Crippen LogP contribution in [0.1, 0.15) is 34.5 Å². The molecule has 1 unspecified atom stereocenters. The third-order valence-corrected chi connectivity index (χ3v) is 5.64. The van der Waals surface area contributed by atoms with Gasteiger partial charge >= 0.3 is 0 Å². The summed E-state index contributed by atoms with van der Waals surface area (Å²) >= 11 is 0. The molecule has 2 amide bonds. The molecular formula is C30H29N3O3. The van der Waals surface area contributed by atoms with Gasteiger partial charge in [0.15, 0.2) is 0 Å². The average Bonchev–Trinajstić information content (AvgIpc) is 2.92. The van der Waals surface area contributed by atoms with Crippen LogP contribution in [0.15, 0.2) is 109 Å². The molecule has 0 fully saturated rings. The van der Waals surface area contributed by atoms with Crippen LogP contribution in [0.3, 0.4) is 0 Å². The Hall–Kier alpha value is -4.58. The number of benzene rings is 4. The van der Waals surface area contributed by atoms with E-state index in [0.717, 1.165) is 16.8 Å². The molecule has 0 aliphatic heterocycles. The van der Waals surface area contributed by atoms with Gasteiger partial charge < -0.3 is 20.7 Å². The molecule has 0 aliphatic carbocycles. The van der Waals surface area contributed by atoms with Gasteiger partial charge in [0.25, 0.3) is 5.91 Å². The van der Waals surface area contributed by atoms with Gasteiger partial charge in [0, 0.05) is 11.3 Å². The first-order valence-electron chi connectivity index (χ1n) is 11.8. The maximum absolute atomic E-state index is 12.6. The van der Waals surface area contributed by atoms with Gasteiger partial charge in [0.1, 0.15) is 12.4 Å². The number of anilines is 2. The minimum absolute atomic E-state index is 0.0720. The van der Waals surface area contributed by atoms with Crippen molar-refractivity contribution < 1.29 is 14.3 Å². The van der Waals surface area contributed by atoms with Crippen molar-refractivity contribution in [2.24, 2.45) is 0 Å². The normalized spacial score (nSPS) is 11.2. The number of carbonyl (C=O) groups excluding carboxylic acids is 2. The summed E-state index contributed by atoms with van der Waals surface area (Å²) in [7, 11) is 0. The zero-order chi connectivity index (χ0) is 25.2. The molecule has 6 heteroatoms. The summed E-state index contributed by atoms with van der Waals surface area (Å²) in [5, 5.41) is 8.97. The van der Waals surface area contributed by atoms with E-state index in [1.165, 1.54) is 0 Å². The van der Waals surface area contributed by atoms with Crippen LogP contribution in [0, 0.1) is 0 Å². The van der Waals surface area contributed by atoms with Crippen molar-refractivity contribution in [3.05, 3.63) is 126 Å². The molecule has 36 heavy (non-hydrogen) atoms. The first-order chi connectivity index (χ1) is 17.6. The van der Waals surface area contributed by atoms with Crippen LogP contribution >= 0.6 is 0 Å². The van der Waals surface area contributed by atoms with Gasteiger partial charge in [-0.15, -0.1) is 0 Å². The second kappa shape index (κ2) is 12.2. The summed E-state index contributed by atoms with van der Waals surface area (Å²) in [4.78, 5) is 25.1. The zero-order valence-electron chi connectivity index (χ0n) is 20.1. The Morgan fingerprint density at radius 3 is 2.14 bits per heavy atom. The first-order valence-corrected chi connectivity index (χ1v) is 11.8. The van der Waals surface area contributed by atoms with Crippen LogP contribution in [0.2, 0.25) is 0 Å². The Morgan fingerprint density at radius 1 is 0.778 bits per heavy atom. The van der Waals surface area contributed by atoms with E-state index < -0.39 is 0 Å². The van der Waals surface area contributed by atoms with Crippen molar-refractivity contribution in [2.45, 2.75) is 19.6 Å². The van der Waals surface area contributed by atoms with Crippen LogP contribution in [-0.4, -0.2) is 18.4 Å². The molecular weight excluding hydrogens is 450 g/mol. The fourth-order valence-electron chi connectivity index (χ4n) is 3.66. The second-order valence-corrected chi connectivity index (χ2v) is 8.36. The van der Waals surface area contributed by atoms with Crippen LogP contribution in [0.4, 0.5) is 11.4 Å². The van der Waals surface area contributed by atoms with E-state index in [-0.39, 0.29) is 24.4 Å². The van der Waals surface area contributed by atoms with Gasteiger partial charge in [-0.1, -0.05) is 72.8 Å². The van der Waals surface area contributed by atoms with Crippen molar-refractivity contribution >= 4 is 23.2 Å². The summed E-state index contributed by atoms with van der Waals surface area (Å²) in [5.74, 6) is 0.301. The number of carbonyl (C=O) groups is 2. The van der Waals surface area contributed by atoms with E-state index in [1.54, 1.807) is 24.3 Å². The molecule has 0 radical (unpaired) electrons. The topological polar surface area (TPSA) is 79.5 Å². The Balaban J connectivity index is 1.27. The maximum Gasteiger partial charge on any atom is 0.251 e. The predicted molar refractivity (Wildman–Crippen MR) is 143 cm³/mol. The zero-order valence-corrected chi connectivity index (χ0v) is 20.1. The van der Waals surface area contributed by atoms with Gasteiger partial charge in [-0.25, -0.2) is 0 Å². The monoisotopic (exact) mass is 479 g/mol. The molecule has 0 spiro atoms. The van der Waals surface area contributed by atoms with Crippen LogP contribution in [-0.2, 0) is 11.4 Å². The van der Waals surface area contributed by atoms with Gasteiger partial charge in [-0.05, 0) is 54.4 Å². The average molecular weight is 480 g/mol. The summed E-state index contributed by atoms with van der Waals surface area (Å²) < 4.78 is 5.93. The molecule has 182 valence electrons. The molecule has 1 atom stereocenters. The molecule has 4 aromatic carbocycles. The summed E-state index contributed by atoms with van der Waals surface area (Å²) in [5.41, 5.74) is 3.98. The number of nitrogens with one attached hydrogen (secondary N) is 3. The van der Waals surface area contributed by atoms with Gasteiger partial charge in [0.2, 0.25) is 5.91 Å². The molecule has 4 aromatic rings. The predicted octanol–water partition coefficient (Wildman–Crippen LogP) is 5.81. The standard InChI is InChI=1S/C30H29N3O3/c1-22(24-12-6-3-7-13-24)32-30(35)25-16-18-26(19-17-25)33-29(34)20-31-27-14-8-9-15-28(27)36-21-23-10-4-2-5-11-23/h2-19,22,31H,20-21H2,1H3,(H,32,35)(H,33,34). The van der Waals surface area contributed by atoms with Gasteiger partial charge in [0.05, 0.1) is 18.3 Å². The van der Waals surface area contributed by atoms with Crippen molar-refractivity contribution in [2.75, 3.05) is 17.2 Å². The van der Waals surface area contributed by atoms with Crippen molar-refractivity contribution in [1.82, 2.24) is 5.32 Å². The van der Waals surface area contributed by atoms with Crippen LogP contribution < -0.4 is 20.7 Å². The van der Waals surface area contributed by atoms with E-state index in [1.807, 2.05) is 91.9 Å². The number of para-hydroxylation sites is 2. The number of ether oxygens (including phenoxy) is 1. The lowest BCUT2D eigenvalue weighted by Gasteiger charge is -2.15. The summed E-state index contributed by atoms with van der Waals surface area (Å²) in [6.07, 6.45) is 0. The van der Waals surface area contributed by atoms with Crippen molar-refractivity contribution in [3.8, 4) is 5.75 Å².